The van der Waals surface area contributed by atoms with Crippen molar-refractivity contribution in [1.29, 1.82) is 0 Å². The van der Waals surface area contributed by atoms with Crippen molar-refractivity contribution in [2.45, 2.75) is 26.8 Å². The molecule has 84 valence electrons. The number of hydrogen-bond donors (Lipinski definition) is 1. The van der Waals surface area contributed by atoms with Crippen LogP contribution in [0, 0.1) is 20.8 Å². The molecule has 0 fully saturated rings. The zero-order valence-corrected chi connectivity index (χ0v) is 10.8. The van der Waals surface area contributed by atoms with Gasteiger partial charge in [-0.2, -0.15) is 0 Å². The van der Waals surface area contributed by atoms with Crippen LogP contribution < -0.4 is 5.73 Å². The van der Waals surface area contributed by atoms with Crippen LogP contribution >= 0.6 is 11.3 Å². The van der Waals surface area contributed by atoms with Gasteiger partial charge in [-0.1, -0.05) is 18.2 Å². The highest BCUT2D eigenvalue weighted by Crippen LogP contribution is 2.27. The van der Waals surface area contributed by atoms with Gasteiger partial charge in [0.2, 0.25) is 0 Å². The molecule has 0 saturated heterocycles. The first kappa shape index (κ1) is 11.4. The minimum absolute atomic E-state index is 0.0132. The van der Waals surface area contributed by atoms with Gasteiger partial charge in [0.15, 0.2) is 0 Å². The fourth-order valence-corrected chi connectivity index (χ4v) is 2.68. The summed E-state index contributed by atoms with van der Waals surface area (Å²) in [6, 6.07) is 8.60. The first-order chi connectivity index (χ1) is 7.59. The fraction of sp³-hybridized carbons (Fsp3) is 0.286. The maximum Gasteiger partial charge on any atom is 0.0648 e. The van der Waals surface area contributed by atoms with E-state index in [0.29, 0.717) is 0 Å². The summed E-state index contributed by atoms with van der Waals surface area (Å²) in [6.07, 6.45) is 0. The molecular weight excluding hydrogens is 214 g/mol. The van der Waals surface area contributed by atoms with E-state index in [-0.39, 0.29) is 6.04 Å². The van der Waals surface area contributed by atoms with Crippen molar-refractivity contribution in [3.63, 3.8) is 0 Å². The number of benzene rings is 1. The topological polar surface area (TPSA) is 26.0 Å². The largest absolute Gasteiger partial charge is 0.320 e. The predicted molar refractivity (Wildman–Crippen MR) is 71.0 cm³/mol. The van der Waals surface area contributed by atoms with E-state index in [4.69, 9.17) is 5.73 Å². The first-order valence-electron chi connectivity index (χ1n) is 5.46. The van der Waals surface area contributed by atoms with Crippen molar-refractivity contribution >= 4 is 11.3 Å². The van der Waals surface area contributed by atoms with Crippen molar-refractivity contribution in [3.8, 4) is 0 Å². The number of thiophene rings is 1. The van der Waals surface area contributed by atoms with Crippen LogP contribution in [0.1, 0.15) is 33.2 Å². The lowest BCUT2D eigenvalue weighted by Crippen LogP contribution is -2.12. The minimum atomic E-state index is 0.0132. The van der Waals surface area contributed by atoms with Crippen molar-refractivity contribution < 1.29 is 0 Å². The summed E-state index contributed by atoms with van der Waals surface area (Å²) in [4.78, 5) is 1.23. The molecule has 2 N–H and O–H groups in total. The summed E-state index contributed by atoms with van der Waals surface area (Å²) in [5.41, 5.74) is 11.5. The number of aryl methyl sites for hydroxylation is 3. The van der Waals surface area contributed by atoms with Crippen LogP contribution in [0.2, 0.25) is 0 Å². The monoisotopic (exact) mass is 231 g/mol. The Labute approximate surface area is 101 Å². The number of nitrogens with two attached hydrogens (primary N) is 1. The third-order valence-corrected chi connectivity index (χ3v) is 4.02. The van der Waals surface area contributed by atoms with Crippen molar-refractivity contribution in [2.24, 2.45) is 5.73 Å². The summed E-state index contributed by atoms with van der Waals surface area (Å²) >= 11 is 1.72. The van der Waals surface area contributed by atoms with Gasteiger partial charge in [0.1, 0.15) is 0 Å². The van der Waals surface area contributed by atoms with Crippen LogP contribution in [0.3, 0.4) is 0 Å². The molecule has 2 rings (SSSR count). The molecule has 1 atom stereocenters. The highest BCUT2D eigenvalue weighted by Gasteiger charge is 2.13. The molecule has 1 nitrogen and oxygen atoms in total. The van der Waals surface area contributed by atoms with E-state index in [9.17, 15) is 0 Å². The Balaban J connectivity index is 2.44. The molecule has 0 saturated carbocycles. The number of rotatable bonds is 2. The Morgan fingerprint density at radius 1 is 1.06 bits per heavy atom. The van der Waals surface area contributed by atoms with Crippen LogP contribution in [0.4, 0.5) is 0 Å². The molecule has 0 aliphatic carbocycles. The third-order valence-electron chi connectivity index (χ3n) is 3.07. The molecule has 0 spiro atoms. The normalized spacial score (nSPS) is 12.8. The highest BCUT2D eigenvalue weighted by molar-refractivity contribution is 7.10. The van der Waals surface area contributed by atoms with Gasteiger partial charge in [-0.05, 0) is 54.5 Å². The average Bonchev–Trinajstić information content (AvgIpc) is 2.75. The highest BCUT2D eigenvalue weighted by atomic mass is 32.1. The van der Waals surface area contributed by atoms with Crippen molar-refractivity contribution in [2.75, 3.05) is 0 Å². The fourth-order valence-electron chi connectivity index (χ4n) is 1.94. The van der Waals surface area contributed by atoms with Gasteiger partial charge in [0, 0.05) is 4.88 Å². The van der Waals surface area contributed by atoms with Gasteiger partial charge in [-0.3, -0.25) is 0 Å². The van der Waals surface area contributed by atoms with Crippen molar-refractivity contribution in [3.05, 3.63) is 56.8 Å². The molecule has 2 aromatic rings. The molecule has 0 aliphatic heterocycles. The smallest absolute Gasteiger partial charge is 0.0648 e. The molecule has 0 bridgehead atoms. The first-order valence-corrected chi connectivity index (χ1v) is 6.34. The summed E-state index contributed by atoms with van der Waals surface area (Å²) in [7, 11) is 0. The van der Waals surface area contributed by atoms with Crippen molar-refractivity contribution in [1.82, 2.24) is 0 Å². The Morgan fingerprint density at radius 3 is 2.38 bits per heavy atom. The standard InChI is InChI=1S/C14H17NS/c1-9-7-11(3)12(8-10(9)2)14(15)13-5-4-6-16-13/h4-8,14H,15H2,1-3H3. The maximum absolute atomic E-state index is 6.29. The van der Waals surface area contributed by atoms with Crippen LogP contribution in [0.5, 0.6) is 0 Å². The Bertz CT molecular complexity index is 486. The zero-order valence-electron chi connectivity index (χ0n) is 9.95. The molecule has 0 amide bonds. The summed E-state index contributed by atoms with van der Waals surface area (Å²) in [5, 5.41) is 2.07. The quantitative estimate of drug-likeness (QED) is 0.837. The minimum Gasteiger partial charge on any atom is -0.320 e. The van der Waals surface area contributed by atoms with E-state index in [1.54, 1.807) is 11.3 Å². The number of hydrogen-bond acceptors (Lipinski definition) is 2. The van der Waals surface area contributed by atoms with Crippen LogP contribution in [0.15, 0.2) is 29.6 Å². The van der Waals surface area contributed by atoms with E-state index < -0.39 is 0 Å². The predicted octanol–water partition coefficient (Wildman–Crippen LogP) is 3.72. The van der Waals surface area contributed by atoms with Gasteiger partial charge in [0.05, 0.1) is 6.04 Å². The molecular formula is C14H17NS. The summed E-state index contributed by atoms with van der Waals surface area (Å²) in [6.45, 7) is 6.41. The van der Waals surface area contributed by atoms with Crippen LogP contribution in [-0.4, -0.2) is 0 Å². The molecule has 16 heavy (non-hydrogen) atoms. The van der Waals surface area contributed by atoms with Gasteiger partial charge in [-0.15, -0.1) is 11.3 Å². The van der Waals surface area contributed by atoms with Crippen LogP contribution in [-0.2, 0) is 0 Å². The summed E-state index contributed by atoms with van der Waals surface area (Å²) < 4.78 is 0. The molecule has 1 heterocycles. The molecule has 0 aliphatic rings. The second-order valence-corrected chi connectivity index (χ2v) is 5.27. The second kappa shape index (κ2) is 4.40. The van der Waals surface area contributed by atoms with Gasteiger partial charge in [0.25, 0.3) is 0 Å². The maximum atomic E-state index is 6.29. The van der Waals surface area contributed by atoms with E-state index in [2.05, 4.69) is 50.4 Å². The Morgan fingerprint density at radius 2 is 1.75 bits per heavy atom. The lowest BCUT2D eigenvalue weighted by Gasteiger charge is -2.15. The van der Waals surface area contributed by atoms with E-state index in [1.807, 2.05) is 0 Å². The molecule has 1 aromatic carbocycles. The lowest BCUT2D eigenvalue weighted by atomic mass is 9.95. The second-order valence-electron chi connectivity index (χ2n) is 4.29. The Kier molecular flexibility index (Phi) is 3.13. The molecule has 1 aromatic heterocycles. The van der Waals surface area contributed by atoms with E-state index in [1.165, 1.54) is 27.1 Å². The van der Waals surface area contributed by atoms with Gasteiger partial charge in [-0.25, -0.2) is 0 Å². The SMILES string of the molecule is Cc1cc(C)c(C(N)c2cccs2)cc1C. The molecule has 0 radical (unpaired) electrons. The summed E-state index contributed by atoms with van der Waals surface area (Å²) in [5.74, 6) is 0. The molecule has 1 unspecified atom stereocenters. The van der Waals surface area contributed by atoms with Gasteiger partial charge >= 0.3 is 0 Å². The Hall–Kier alpha value is -1.12. The lowest BCUT2D eigenvalue weighted by molar-refractivity contribution is 0.879. The van der Waals surface area contributed by atoms with E-state index >= 15 is 0 Å². The third kappa shape index (κ3) is 2.04. The van der Waals surface area contributed by atoms with E-state index in [0.717, 1.165) is 0 Å². The zero-order chi connectivity index (χ0) is 11.7. The molecule has 2 heteroatoms. The van der Waals surface area contributed by atoms with Crippen LogP contribution in [0.25, 0.3) is 0 Å². The average molecular weight is 231 g/mol. The van der Waals surface area contributed by atoms with Gasteiger partial charge < -0.3 is 5.73 Å².